The van der Waals surface area contributed by atoms with Gasteiger partial charge in [0.05, 0.1) is 30.8 Å². The van der Waals surface area contributed by atoms with Crippen molar-refractivity contribution in [1.82, 2.24) is 40.0 Å². The van der Waals surface area contributed by atoms with Crippen molar-refractivity contribution in [3.05, 3.63) is 103 Å². The van der Waals surface area contributed by atoms with Gasteiger partial charge in [0.2, 0.25) is 5.95 Å². The van der Waals surface area contributed by atoms with Crippen LogP contribution in [0.2, 0.25) is 0 Å². The summed E-state index contributed by atoms with van der Waals surface area (Å²) in [6, 6.07) is 15.7. The van der Waals surface area contributed by atoms with Gasteiger partial charge in [-0.2, -0.15) is 15.3 Å². The van der Waals surface area contributed by atoms with Gasteiger partial charge in [-0.25, -0.2) is 14.8 Å². The Kier molecular flexibility index (Phi) is 9.34. The average molecular weight is 615 g/mol. The highest BCUT2D eigenvalue weighted by molar-refractivity contribution is 5.91. The smallest absolute Gasteiger partial charge is 0.323 e. The van der Waals surface area contributed by atoms with Crippen LogP contribution in [0.4, 0.5) is 22.4 Å². The molecule has 3 N–H and O–H groups in total. The van der Waals surface area contributed by atoms with E-state index < -0.39 is 0 Å². The molecule has 1 aliphatic rings. The number of anilines is 3. The van der Waals surface area contributed by atoms with E-state index in [9.17, 15) is 10.1 Å². The minimum atomic E-state index is -0.184. The van der Waals surface area contributed by atoms with Crippen molar-refractivity contribution in [1.29, 1.82) is 5.26 Å². The Morgan fingerprint density at radius 3 is 2.50 bits per heavy atom. The van der Waals surface area contributed by atoms with E-state index in [0.29, 0.717) is 36.2 Å². The zero-order valence-corrected chi connectivity index (χ0v) is 25.4. The maximum Gasteiger partial charge on any atom is 0.323 e. The number of benzene rings is 1. The SMILES string of the molecule is Cn1cc(-c2ccc(N(C(=O)NCc3ccccc3)C3CCC(Nc4ncc(C#N)c(NCc5cnccn5)n4)CC3)nc2)cn1. The fourth-order valence-electron chi connectivity index (χ4n) is 5.51. The zero-order valence-electron chi connectivity index (χ0n) is 25.4. The number of nitriles is 1. The van der Waals surface area contributed by atoms with Crippen molar-refractivity contribution < 1.29 is 4.79 Å². The highest BCUT2D eigenvalue weighted by atomic mass is 16.2. The molecule has 2 amide bonds. The van der Waals surface area contributed by atoms with Crippen LogP contribution in [0.25, 0.3) is 11.1 Å². The summed E-state index contributed by atoms with van der Waals surface area (Å²) >= 11 is 0. The van der Waals surface area contributed by atoms with Crippen LogP contribution in [0.1, 0.15) is 42.5 Å². The summed E-state index contributed by atoms with van der Waals surface area (Å²) in [5.41, 5.74) is 4.00. The second-order valence-corrected chi connectivity index (χ2v) is 11.1. The van der Waals surface area contributed by atoms with E-state index in [-0.39, 0.29) is 18.1 Å². The molecule has 13 nitrogen and oxygen atoms in total. The highest BCUT2D eigenvalue weighted by Crippen LogP contribution is 2.30. The van der Waals surface area contributed by atoms with Crippen molar-refractivity contribution in [2.75, 3.05) is 15.5 Å². The number of hydrogen-bond acceptors (Lipinski definition) is 10. The zero-order chi connectivity index (χ0) is 31.7. The number of pyridine rings is 1. The molecule has 0 bridgehead atoms. The van der Waals surface area contributed by atoms with Gasteiger partial charge >= 0.3 is 6.03 Å². The van der Waals surface area contributed by atoms with Gasteiger partial charge in [-0.1, -0.05) is 30.3 Å². The fraction of sp³-hybridized carbons (Fsp3) is 0.273. The molecule has 1 fully saturated rings. The van der Waals surface area contributed by atoms with Crippen LogP contribution in [0.15, 0.2) is 85.8 Å². The van der Waals surface area contributed by atoms with Crippen LogP contribution in [0.5, 0.6) is 0 Å². The molecule has 1 aliphatic carbocycles. The topological polar surface area (TPSA) is 162 Å². The number of aryl methyl sites for hydroxylation is 1. The molecule has 1 aromatic carbocycles. The Balaban J connectivity index is 1.13. The number of hydrogen-bond donors (Lipinski definition) is 3. The summed E-state index contributed by atoms with van der Waals surface area (Å²) < 4.78 is 1.75. The lowest BCUT2D eigenvalue weighted by Crippen LogP contribution is -2.49. The molecule has 0 unspecified atom stereocenters. The van der Waals surface area contributed by atoms with Crippen molar-refractivity contribution >= 4 is 23.6 Å². The number of rotatable bonds is 10. The maximum absolute atomic E-state index is 13.7. The van der Waals surface area contributed by atoms with Crippen LogP contribution in [-0.4, -0.2) is 52.8 Å². The molecule has 0 aliphatic heterocycles. The quantitative estimate of drug-likeness (QED) is 0.201. The van der Waals surface area contributed by atoms with Crippen LogP contribution < -0.4 is 20.9 Å². The first-order valence-electron chi connectivity index (χ1n) is 15.1. The third-order valence-electron chi connectivity index (χ3n) is 7.90. The second kappa shape index (κ2) is 14.3. The van der Waals surface area contributed by atoms with Gasteiger partial charge in [-0.15, -0.1) is 0 Å². The molecule has 46 heavy (non-hydrogen) atoms. The monoisotopic (exact) mass is 614 g/mol. The van der Waals surface area contributed by atoms with Crippen molar-refractivity contribution in [3.8, 4) is 17.2 Å². The molecule has 4 aromatic heterocycles. The van der Waals surface area contributed by atoms with Gasteiger partial charge in [0.25, 0.3) is 0 Å². The summed E-state index contributed by atoms with van der Waals surface area (Å²) in [6.45, 7) is 0.799. The summed E-state index contributed by atoms with van der Waals surface area (Å²) in [6.07, 6.45) is 15.0. The number of aromatic nitrogens is 7. The summed E-state index contributed by atoms with van der Waals surface area (Å²) in [4.78, 5) is 37.5. The molecule has 1 saturated carbocycles. The van der Waals surface area contributed by atoms with E-state index >= 15 is 0 Å². The first-order chi connectivity index (χ1) is 22.6. The van der Waals surface area contributed by atoms with Gasteiger partial charge in [0.15, 0.2) is 0 Å². The van der Waals surface area contributed by atoms with Crippen LogP contribution in [0.3, 0.4) is 0 Å². The largest absolute Gasteiger partial charge is 0.363 e. The van der Waals surface area contributed by atoms with Crippen molar-refractivity contribution in [2.24, 2.45) is 7.05 Å². The number of nitrogens with zero attached hydrogens (tertiary/aromatic N) is 9. The Labute approximate surface area is 266 Å². The van der Waals surface area contributed by atoms with Gasteiger partial charge in [0.1, 0.15) is 23.3 Å². The standard InChI is InChI=1S/C33H34N12O/c1-44-22-26(19-41-44)24-7-12-30(37-17-24)45(33(46)40-16-23-5-3-2-4-6-23)29-10-8-27(9-11-29)42-32-39-18-25(15-34)31(43-32)38-21-28-20-35-13-14-36-28/h2-7,12-14,17-20,22,27,29H,8-11,16,21H2,1H3,(H,40,46)(H2,38,39,42,43). The molecule has 0 spiro atoms. The number of amides is 2. The normalized spacial score (nSPS) is 15.8. The lowest BCUT2D eigenvalue weighted by Gasteiger charge is -2.36. The number of urea groups is 1. The Bertz CT molecular complexity index is 1780. The van der Waals surface area contributed by atoms with Crippen molar-refractivity contribution in [3.63, 3.8) is 0 Å². The minimum Gasteiger partial charge on any atom is -0.363 e. The second-order valence-electron chi connectivity index (χ2n) is 11.1. The minimum absolute atomic E-state index is 0.0448. The first-order valence-corrected chi connectivity index (χ1v) is 15.1. The number of carbonyl (C=O) groups excluding carboxylic acids is 1. The Morgan fingerprint density at radius 1 is 0.957 bits per heavy atom. The van der Waals surface area contributed by atoms with E-state index in [1.54, 1.807) is 40.6 Å². The van der Waals surface area contributed by atoms with E-state index in [2.05, 4.69) is 47.1 Å². The first kappa shape index (κ1) is 30.1. The molecule has 232 valence electrons. The molecular weight excluding hydrogens is 580 g/mol. The summed E-state index contributed by atoms with van der Waals surface area (Å²) in [5.74, 6) is 1.47. The number of nitrogens with one attached hydrogen (secondary N) is 3. The molecule has 0 radical (unpaired) electrons. The lowest BCUT2D eigenvalue weighted by atomic mass is 9.90. The molecular formula is C33H34N12O. The predicted molar refractivity (Wildman–Crippen MR) is 173 cm³/mol. The fourth-order valence-corrected chi connectivity index (χ4v) is 5.51. The van der Waals surface area contributed by atoms with E-state index in [1.807, 2.05) is 55.7 Å². The van der Waals surface area contributed by atoms with Gasteiger partial charge < -0.3 is 16.0 Å². The Hall–Kier alpha value is -5.90. The summed E-state index contributed by atoms with van der Waals surface area (Å²) in [5, 5.41) is 23.5. The van der Waals surface area contributed by atoms with Gasteiger partial charge in [-0.3, -0.25) is 19.5 Å². The third-order valence-corrected chi connectivity index (χ3v) is 7.90. The molecule has 13 heteroatoms. The van der Waals surface area contributed by atoms with Crippen LogP contribution in [-0.2, 0) is 20.1 Å². The third kappa shape index (κ3) is 7.41. The predicted octanol–water partition coefficient (Wildman–Crippen LogP) is 4.69. The van der Waals surface area contributed by atoms with E-state index in [0.717, 1.165) is 48.1 Å². The van der Waals surface area contributed by atoms with Gasteiger partial charge in [0, 0.05) is 61.6 Å². The molecule has 0 saturated heterocycles. The summed E-state index contributed by atoms with van der Waals surface area (Å²) in [7, 11) is 1.88. The molecule has 5 aromatic rings. The molecule has 4 heterocycles. The van der Waals surface area contributed by atoms with E-state index in [4.69, 9.17) is 4.98 Å². The lowest BCUT2D eigenvalue weighted by molar-refractivity contribution is 0.240. The highest BCUT2D eigenvalue weighted by Gasteiger charge is 2.31. The van der Waals surface area contributed by atoms with Crippen LogP contribution >= 0.6 is 0 Å². The maximum atomic E-state index is 13.7. The van der Waals surface area contributed by atoms with E-state index in [1.165, 1.54) is 6.20 Å². The molecule has 6 rings (SSSR count). The van der Waals surface area contributed by atoms with Crippen LogP contribution in [0, 0.1) is 11.3 Å². The molecule has 0 atom stereocenters. The van der Waals surface area contributed by atoms with Crippen molar-refractivity contribution in [2.45, 2.75) is 50.9 Å². The van der Waals surface area contributed by atoms with Gasteiger partial charge in [-0.05, 0) is 43.4 Å². The average Bonchev–Trinajstić information content (AvgIpc) is 3.54. The Morgan fingerprint density at radius 2 is 1.80 bits per heavy atom. The number of carbonyl (C=O) groups is 1.